The van der Waals surface area contributed by atoms with Gasteiger partial charge in [-0.05, 0) is 0 Å². The number of amides is 2. The van der Waals surface area contributed by atoms with Crippen molar-refractivity contribution in [2.24, 2.45) is 7.05 Å². The fourth-order valence-electron chi connectivity index (χ4n) is 1.57. The molecule has 2 amide bonds. The quantitative estimate of drug-likeness (QED) is 0.711. The van der Waals surface area contributed by atoms with Gasteiger partial charge in [-0.15, -0.1) is 0 Å². The Morgan fingerprint density at radius 3 is 3.00 bits per heavy atom. The number of aromatic nitrogens is 3. The highest BCUT2D eigenvalue weighted by Gasteiger charge is 2.29. The van der Waals surface area contributed by atoms with Crippen molar-refractivity contribution in [2.75, 3.05) is 25.0 Å². The zero-order chi connectivity index (χ0) is 13.1. The largest absolute Gasteiger partial charge is 0.479 e. The van der Waals surface area contributed by atoms with Crippen LogP contribution in [-0.4, -0.2) is 62.6 Å². The van der Waals surface area contributed by atoms with Gasteiger partial charge in [-0.25, -0.2) is 14.3 Å². The monoisotopic (exact) mass is 255 g/mol. The van der Waals surface area contributed by atoms with Crippen LogP contribution in [0.4, 0.5) is 10.7 Å². The summed E-state index contributed by atoms with van der Waals surface area (Å²) in [7, 11) is 1.64. The smallest absolute Gasteiger partial charge is 0.334 e. The molecule has 1 aliphatic rings. The number of aryl methyl sites for hydroxylation is 1. The molecular formula is C9H13N5O4. The minimum Gasteiger partial charge on any atom is -0.479 e. The van der Waals surface area contributed by atoms with Crippen LogP contribution in [0, 0.1) is 0 Å². The Morgan fingerprint density at radius 2 is 2.39 bits per heavy atom. The molecule has 0 aliphatic carbocycles. The van der Waals surface area contributed by atoms with E-state index in [1.54, 1.807) is 7.05 Å². The lowest BCUT2D eigenvalue weighted by atomic mass is 10.3. The third kappa shape index (κ3) is 2.56. The third-order valence-electron chi connectivity index (χ3n) is 2.56. The number of nitrogens with one attached hydrogen (secondary N) is 1. The van der Waals surface area contributed by atoms with Crippen LogP contribution in [0.1, 0.15) is 0 Å². The van der Waals surface area contributed by atoms with Gasteiger partial charge < -0.3 is 14.7 Å². The van der Waals surface area contributed by atoms with Crippen molar-refractivity contribution in [3.8, 4) is 0 Å². The minimum atomic E-state index is -1.08. The number of carbonyl (C=O) groups is 2. The Morgan fingerprint density at radius 1 is 1.61 bits per heavy atom. The standard InChI is InChI=1S/C9H13N5O4/c1-13-8(10-5-11-13)12-9(17)14-2-3-18-6(4-14)7(15)16/h5-6H,2-4H2,1H3,(H,15,16)(H,10,11,12,17). The van der Waals surface area contributed by atoms with E-state index in [-0.39, 0.29) is 13.2 Å². The molecule has 0 saturated carbocycles. The zero-order valence-corrected chi connectivity index (χ0v) is 9.74. The van der Waals surface area contributed by atoms with Crippen LogP contribution >= 0.6 is 0 Å². The summed E-state index contributed by atoms with van der Waals surface area (Å²) >= 11 is 0. The second kappa shape index (κ2) is 5.00. The number of carbonyl (C=O) groups excluding carboxylic acids is 1. The Hall–Kier alpha value is -2.16. The van der Waals surface area contributed by atoms with Crippen molar-refractivity contribution in [1.82, 2.24) is 19.7 Å². The van der Waals surface area contributed by atoms with Crippen LogP contribution in [0.15, 0.2) is 6.33 Å². The first-order valence-corrected chi connectivity index (χ1v) is 5.32. The molecule has 1 fully saturated rings. The maximum absolute atomic E-state index is 11.9. The molecule has 1 atom stereocenters. The maximum atomic E-state index is 11.9. The van der Waals surface area contributed by atoms with Crippen molar-refractivity contribution in [3.63, 3.8) is 0 Å². The molecule has 2 heterocycles. The number of rotatable bonds is 2. The highest BCUT2D eigenvalue weighted by Crippen LogP contribution is 2.08. The van der Waals surface area contributed by atoms with Gasteiger partial charge in [-0.3, -0.25) is 5.32 Å². The molecule has 9 nitrogen and oxygen atoms in total. The Labute approximate surface area is 102 Å². The molecule has 0 aromatic carbocycles. The fraction of sp³-hybridized carbons (Fsp3) is 0.556. The normalized spacial score (nSPS) is 19.6. The van der Waals surface area contributed by atoms with Gasteiger partial charge in [0, 0.05) is 13.6 Å². The molecular weight excluding hydrogens is 242 g/mol. The number of hydrogen-bond donors (Lipinski definition) is 2. The molecule has 9 heteroatoms. The number of hydrogen-bond acceptors (Lipinski definition) is 5. The van der Waals surface area contributed by atoms with E-state index in [2.05, 4.69) is 15.4 Å². The van der Waals surface area contributed by atoms with Crippen molar-refractivity contribution in [1.29, 1.82) is 0 Å². The minimum absolute atomic E-state index is 0.0129. The van der Waals surface area contributed by atoms with Crippen LogP contribution in [0.2, 0.25) is 0 Å². The van der Waals surface area contributed by atoms with Crippen LogP contribution in [0.5, 0.6) is 0 Å². The lowest BCUT2D eigenvalue weighted by Crippen LogP contribution is -2.50. The molecule has 18 heavy (non-hydrogen) atoms. The third-order valence-corrected chi connectivity index (χ3v) is 2.56. The molecule has 0 bridgehead atoms. The lowest BCUT2D eigenvalue weighted by molar-refractivity contribution is -0.154. The number of carboxylic acids is 1. The highest BCUT2D eigenvalue weighted by atomic mass is 16.5. The molecule has 1 aliphatic heterocycles. The molecule has 1 unspecified atom stereocenters. The summed E-state index contributed by atoms with van der Waals surface area (Å²) in [4.78, 5) is 27.9. The molecule has 2 N–H and O–H groups in total. The van der Waals surface area contributed by atoms with E-state index in [1.165, 1.54) is 15.9 Å². The average Bonchev–Trinajstić information content (AvgIpc) is 2.75. The Balaban J connectivity index is 1.97. The first-order valence-electron chi connectivity index (χ1n) is 5.32. The summed E-state index contributed by atoms with van der Waals surface area (Å²) in [6.45, 7) is 0.551. The number of aliphatic carboxylic acids is 1. The van der Waals surface area contributed by atoms with E-state index < -0.39 is 18.1 Å². The molecule has 1 aromatic heterocycles. The van der Waals surface area contributed by atoms with Gasteiger partial charge in [-0.1, -0.05) is 0 Å². The molecule has 0 radical (unpaired) electrons. The molecule has 0 spiro atoms. The predicted octanol–water partition coefficient (Wildman–Crippen LogP) is -0.868. The molecule has 1 saturated heterocycles. The van der Waals surface area contributed by atoms with Gasteiger partial charge in [0.2, 0.25) is 5.95 Å². The first kappa shape index (κ1) is 12.3. The maximum Gasteiger partial charge on any atom is 0.334 e. The Bertz CT molecular complexity index is 460. The average molecular weight is 255 g/mol. The topological polar surface area (TPSA) is 110 Å². The molecule has 1 aromatic rings. The molecule has 2 rings (SSSR count). The van der Waals surface area contributed by atoms with Gasteiger partial charge in [0.15, 0.2) is 6.10 Å². The van der Waals surface area contributed by atoms with E-state index in [0.717, 1.165) is 0 Å². The SMILES string of the molecule is Cn1ncnc1NC(=O)N1CCOC(C(=O)O)C1. The van der Waals surface area contributed by atoms with E-state index in [0.29, 0.717) is 12.5 Å². The van der Waals surface area contributed by atoms with Crippen LogP contribution < -0.4 is 5.32 Å². The van der Waals surface area contributed by atoms with Gasteiger partial charge in [0.25, 0.3) is 0 Å². The summed E-state index contributed by atoms with van der Waals surface area (Å²) in [5, 5.41) is 15.2. The summed E-state index contributed by atoms with van der Waals surface area (Å²) in [5.74, 6) is -0.774. The van der Waals surface area contributed by atoms with E-state index in [4.69, 9.17) is 9.84 Å². The van der Waals surface area contributed by atoms with Crippen molar-refractivity contribution in [3.05, 3.63) is 6.33 Å². The number of urea groups is 1. The summed E-state index contributed by atoms with van der Waals surface area (Å²) in [6, 6.07) is -0.416. The number of nitrogens with zero attached hydrogens (tertiary/aromatic N) is 4. The van der Waals surface area contributed by atoms with Crippen molar-refractivity contribution >= 4 is 17.9 Å². The summed E-state index contributed by atoms with van der Waals surface area (Å²) < 4.78 is 6.43. The zero-order valence-electron chi connectivity index (χ0n) is 9.74. The van der Waals surface area contributed by atoms with Gasteiger partial charge in [0.1, 0.15) is 6.33 Å². The van der Waals surface area contributed by atoms with E-state index in [9.17, 15) is 9.59 Å². The van der Waals surface area contributed by atoms with Crippen molar-refractivity contribution < 1.29 is 19.4 Å². The first-order chi connectivity index (χ1) is 8.58. The van der Waals surface area contributed by atoms with Crippen LogP contribution in [-0.2, 0) is 16.6 Å². The number of ether oxygens (including phenoxy) is 1. The lowest BCUT2D eigenvalue weighted by Gasteiger charge is -2.30. The summed E-state index contributed by atoms with van der Waals surface area (Å²) in [5.41, 5.74) is 0. The number of carboxylic acid groups (broad SMARTS) is 1. The predicted molar refractivity (Wildman–Crippen MR) is 59.0 cm³/mol. The fourth-order valence-corrected chi connectivity index (χ4v) is 1.57. The second-order valence-electron chi connectivity index (χ2n) is 3.78. The van der Waals surface area contributed by atoms with E-state index >= 15 is 0 Å². The van der Waals surface area contributed by atoms with E-state index in [1.807, 2.05) is 0 Å². The number of anilines is 1. The van der Waals surface area contributed by atoms with Crippen LogP contribution in [0.3, 0.4) is 0 Å². The summed E-state index contributed by atoms with van der Waals surface area (Å²) in [6.07, 6.45) is 0.332. The second-order valence-corrected chi connectivity index (χ2v) is 3.78. The van der Waals surface area contributed by atoms with Gasteiger partial charge in [-0.2, -0.15) is 10.1 Å². The Kier molecular flexibility index (Phi) is 3.42. The van der Waals surface area contributed by atoms with Crippen LogP contribution in [0.25, 0.3) is 0 Å². The highest BCUT2D eigenvalue weighted by molar-refractivity contribution is 5.88. The van der Waals surface area contributed by atoms with Gasteiger partial charge in [0.05, 0.1) is 13.2 Å². The van der Waals surface area contributed by atoms with Crippen molar-refractivity contribution in [2.45, 2.75) is 6.10 Å². The molecule has 98 valence electrons. The van der Waals surface area contributed by atoms with Gasteiger partial charge >= 0.3 is 12.0 Å². The number of morpholine rings is 1.